The standard InChI is InChI=1S/C28H26Cl2N2S.C4H8.C3H6.2C2H6.CH2O2/c1-4-32-18-27(25-15-12-23(29)17-26(25)30)31-28(32)16-7-20-5-8-21(9-6-20)22-10-13-24(14-11-22)33-19(2)3;1-3-4-2;1-3-2;2*1-2;2-1-3/h5-19H,4H2,1-3H3;3-4H,1-2H3;3H,1H2,2H3;2*1-2H3;1H,(H,2,3)/b16-7+;4-3-;;;;. The molecule has 0 unspecified atom stereocenters. The smallest absolute Gasteiger partial charge is 0.290 e. The van der Waals surface area contributed by atoms with E-state index < -0.39 is 0 Å². The largest absolute Gasteiger partial charge is 0.483 e. The van der Waals surface area contributed by atoms with Gasteiger partial charge in [0.05, 0.1) is 10.7 Å². The van der Waals surface area contributed by atoms with Gasteiger partial charge in [0.2, 0.25) is 0 Å². The number of benzene rings is 3. The molecule has 4 rings (SSSR count). The highest BCUT2D eigenvalue weighted by Gasteiger charge is 2.10. The Bertz CT molecular complexity index is 1430. The number of imidazole rings is 1. The fourth-order valence-corrected chi connectivity index (χ4v) is 4.94. The minimum absolute atomic E-state index is 0.250. The van der Waals surface area contributed by atoms with Gasteiger partial charge >= 0.3 is 0 Å². The molecule has 47 heavy (non-hydrogen) atoms. The fourth-order valence-electron chi connectivity index (χ4n) is 3.60. The normalized spacial score (nSPS) is 9.72. The summed E-state index contributed by atoms with van der Waals surface area (Å²) < 4.78 is 2.11. The maximum atomic E-state index is 8.36. The zero-order valence-electron chi connectivity index (χ0n) is 29.8. The van der Waals surface area contributed by atoms with Crippen LogP contribution in [0.2, 0.25) is 10.0 Å². The van der Waals surface area contributed by atoms with Gasteiger partial charge in [0.15, 0.2) is 0 Å². The van der Waals surface area contributed by atoms with Crippen molar-refractivity contribution >= 4 is 53.6 Å². The molecule has 0 saturated carbocycles. The lowest BCUT2D eigenvalue weighted by molar-refractivity contribution is -0.122. The summed E-state index contributed by atoms with van der Waals surface area (Å²) in [5, 5.41) is 8.70. The van der Waals surface area contributed by atoms with Crippen molar-refractivity contribution in [2.24, 2.45) is 0 Å². The molecular weight excluding hydrogens is 643 g/mol. The van der Waals surface area contributed by atoms with Crippen molar-refractivity contribution in [3.05, 3.63) is 119 Å². The predicted molar refractivity (Wildman–Crippen MR) is 213 cm³/mol. The number of allylic oxidation sites excluding steroid dienone is 3. The summed E-state index contributed by atoms with van der Waals surface area (Å²) in [7, 11) is 0. The highest BCUT2D eigenvalue weighted by Crippen LogP contribution is 2.30. The van der Waals surface area contributed by atoms with E-state index >= 15 is 0 Å². The van der Waals surface area contributed by atoms with Crippen LogP contribution in [0.4, 0.5) is 0 Å². The van der Waals surface area contributed by atoms with E-state index in [2.05, 4.69) is 86.5 Å². The average molecular weight is 698 g/mol. The molecule has 256 valence electrons. The number of aromatic nitrogens is 2. The molecule has 1 N–H and O–H groups in total. The molecule has 0 bridgehead atoms. The Kier molecular flexibility index (Phi) is 27.8. The molecule has 0 aliphatic carbocycles. The van der Waals surface area contributed by atoms with Gasteiger partial charge in [-0.1, -0.05) is 125 Å². The van der Waals surface area contributed by atoms with E-state index in [9.17, 15) is 0 Å². The third-order valence-electron chi connectivity index (χ3n) is 5.58. The van der Waals surface area contributed by atoms with Crippen LogP contribution in [0.5, 0.6) is 0 Å². The second kappa shape index (κ2) is 28.7. The SMILES string of the molecule is C/C=C\C.C=CC.CC.CC.CCn1cc(-c2ccc(Cl)cc2Cl)nc1/C=C/c1ccc(-c2ccc(SC(C)C)cc2)cc1.O=CO. The molecule has 1 heterocycles. The molecule has 0 aliphatic rings. The molecular formula is C40H54Cl2N2O2S. The van der Waals surface area contributed by atoms with Crippen LogP contribution in [-0.4, -0.2) is 26.4 Å². The molecule has 0 atom stereocenters. The minimum Gasteiger partial charge on any atom is -0.483 e. The zero-order valence-corrected chi connectivity index (χ0v) is 32.1. The number of halogens is 2. The van der Waals surface area contributed by atoms with Gasteiger partial charge in [0.25, 0.3) is 6.47 Å². The van der Waals surface area contributed by atoms with Gasteiger partial charge in [-0.25, -0.2) is 4.98 Å². The number of hydrogen-bond donors (Lipinski definition) is 1. The van der Waals surface area contributed by atoms with Gasteiger partial charge in [0.1, 0.15) is 5.82 Å². The Morgan fingerprint density at radius 2 is 1.36 bits per heavy atom. The molecule has 1 aromatic heterocycles. The van der Waals surface area contributed by atoms with Gasteiger partial charge in [-0.3, -0.25) is 4.79 Å². The summed E-state index contributed by atoms with van der Waals surface area (Å²) in [4.78, 5) is 14.5. The van der Waals surface area contributed by atoms with Gasteiger partial charge in [-0.2, -0.15) is 0 Å². The van der Waals surface area contributed by atoms with E-state index in [1.165, 1.54) is 16.0 Å². The molecule has 0 radical (unpaired) electrons. The van der Waals surface area contributed by atoms with Gasteiger partial charge < -0.3 is 9.67 Å². The Morgan fingerprint density at radius 1 is 0.872 bits per heavy atom. The molecule has 0 spiro atoms. The van der Waals surface area contributed by atoms with E-state index in [-0.39, 0.29) is 6.47 Å². The number of rotatable bonds is 7. The Labute approximate surface area is 299 Å². The Hall–Kier alpha value is -3.51. The van der Waals surface area contributed by atoms with E-state index in [1.54, 1.807) is 12.1 Å². The van der Waals surface area contributed by atoms with Crippen molar-refractivity contribution in [2.75, 3.05) is 0 Å². The van der Waals surface area contributed by atoms with Crippen molar-refractivity contribution in [3.8, 4) is 22.4 Å². The van der Waals surface area contributed by atoms with Crippen LogP contribution in [0.15, 0.2) is 103 Å². The van der Waals surface area contributed by atoms with Gasteiger partial charge in [-0.15, -0.1) is 18.3 Å². The van der Waals surface area contributed by atoms with Crippen LogP contribution in [0, 0.1) is 0 Å². The van der Waals surface area contributed by atoms with Crippen LogP contribution in [0.3, 0.4) is 0 Å². The summed E-state index contributed by atoms with van der Waals surface area (Å²) in [6.45, 7) is 24.4. The average Bonchev–Trinajstić information content (AvgIpc) is 3.50. The first-order valence-electron chi connectivity index (χ1n) is 16.0. The first kappa shape index (κ1) is 45.6. The zero-order chi connectivity index (χ0) is 36.2. The van der Waals surface area contributed by atoms with E-state index in [0.717, 1.165) is 29.2 Å². The quantitative estimate of drug-likeness (QED) is 0.119. The second-order valence-electron chi connectivity index (χ2n) is 9.22. The highest BCUT2D eigenvalue weighted by atomic mass is 35.5. The molecule has 4 nitrogen and oxygen atoms in total. The van der Waals surface area contributed by atoms with Crippen molar-refractivity contribution in [1.29, 1.82) is 0 Å². The molecule has 0 saturated heterocycles. The number of thioether (sulfide) groups is 1. The lowest BCUT2D eigenvalue weighted by atomic mass is 10.0. The molecule has 7 heteroatoms. The minimum atomic E-state index is -0.250. The van der Waals surface area contributed by atoms with Crippen LogP contribution in [0.25, 0.3) is 34.5 Å². The summed E-state index contributed by atoms with van der Waals surface area (Å²) in [5.74, 6) is 0.890. The molecule has 3 aromatic carbocycles. The van der Waals surface area contributed by atoms with Crippen LogP contribution in [0.1, 0.15) is 80.6 Å². The van der Waals surface area contributed by atoms with Crippen molar-refractivity contribution in [1.82, 2.24) is 9.55 Å². The topological polar surface area (TPSA) is 55.1 Å². The molecule has 4 aromatic rings. The lowest BCUT2D eigenvalue weighted by Crippen LogP contribution is -1.94. The molecule has 0 amide bonds. The van der Waals surface area contributed by atoms with E-state index in [4.69, 9.17) is 38.1 Å². The summed E-state index contributed by atoms with van der Waals surface area (Å²) in [5.41, 5.74) is 5.28. The maximum absolute atomic E-state index is 8.36. The monoisotopic (exact) mass is 696 g/mol. The fraction of sp³-hybridized carbons (Fsp3) is 0.300. The third kappa shape index (κ3) is 18.4. The van der Waals surface area contributed by atoms with Crippen LogP contribution >= 0.6 is 35.0 Å². The number of carbonyl (C=O) groups is 1. The maximum Gasteiger partial charge on any atom is 0.290 e. The van der Waals surface area contributed by atoms with Crippen molar-refractivity contribution < 1.29 is 9.90 Å². The molecule has 0 aliphatic heterocycles. The van der Waals surface area contributed by atoms with Gasteiger partial charge in [-0.05, 0) is 80.8 Å². The number of nitrogens with zero attached hydrogens (tertiary/aromatic N) is 2. The van der Waals surface area contributed by atoms with Crippen LogP contribution in [-0.2, 0) is 11.3 Å². The Morgan fingerprint density at radius 3 is 1.79 bits per heavy atom. The summed E-state index contributed by atoms with van der Waals surface area (Å²) in [6.07, 6.45) is 11.9. The number of carboxylic acid groups (broad SMARTS) is 1. The van der Waals surface area contributed by atoms with E-state index in [0.29, 0.717) is 15.3 Å². The van der Waals surface area contributed by atoms with Crippen molar-refractivity contribution in [3.63, 3.8) is 0 Å². The summed E-state index contributed by atoms with van der Waals surface area (Å²) in [6, 6.07) is 22.9. The lowest BCUT2D eigenvalue weighted by Gasteiger charge is -2.07. The van der Waals surface area contributed by atoms with Crippen LogP contribution < -0.4 is 0 Å². The van der Waals surface area contributed by atoms with E-state index in [1.807, 2.05) is 96.8 Å². The highest BCUT2D eigenvalue weighted by molar-refractivity contribution is 7.99. The number of hydrogen-bond acceptors (Lipinski definition) is 3. The second-order valence-corrected chi connectivity index (χ2v) is 11.7. The van der Waals surface area contributed by atoms with Gasteiger partial charge in [0, 0.05) is 33.5 Å². The Balaban J connectivity index is 0. The summed E-state index contributed by atoms with van der Waals surface area (Å²) >= 11 is 14.3. The third-order valence-corrected chi connectivity index (χ3v) is 7.15. The predicted octanol–water partition coefficient (Wildman–Crippen LogP) is 13.7. The molecule has 0 fully saturated rings. The number of aryl methyl sites for hydroxylation is 1. The first-order valence-corrected chi connectivity index (χ1v) is 17.6. The first-order chi connectivity index (χ1) is 22.7. The van der Waals surface area contributed by atoms with Crippen molar-refractivity contribution in [2.45, 2.75) is 85.9 Å².